The van der Waals surface area contributed by atoms with Crippen LogP contribution in [-0.4, -0.2) is 54.2 Å². The third-order valence-electron chi connectivity index (χ3n) is 4.31. The van der Waals surface area contributed by atoms with Crippen molar-refractivity contribution in [1.82, 2.24) is 0 Å². The van der Waals surface area contributed by atoms with Crippen molar-refractivity contribution in [1.29, 1.82) is 0 Å². The smallest absolute Gasteiger partial charge is 0.338 e. The first-order chi connectivity index (χ1) is 14.0. The molecule has 0 fully saturated rings. The van der Waals surface area contributed by atoms with Crippen molar-refractivity contribution in [3.63, 3.8) is 0 Å². The summed E-state index contributed by atoms with van der Waals surface area (Å²) in [6, 6.07) is 17.6. The van der Waals surface area contributed by atoms with E-state index in [9.17, 15) is 19.8 Å². The number of aliphatic hydroxyl groups is 2. The fourth-order valence-electron chi connectivity index (χ4n) is 2.69. The van der Waals surface area contributed by atoms with E-state index in [-0.39, 0.29) is 26.1 Å². The van der Waals surface area contributed by atoms with E-state index in [1.165, 1.54) is 7.11 Å². The Morgan fingerprint density at radius 2 is 1.55 bits per heavy atom. The molecule has 7 heteroatoms. The Hall–Kier alpha value is -2.74. The maximum absolute atomic E-state index is 12.1. The first-order valence-corrected chi connectivity index (χ1v) is 9.32. The topological polar surface area (TPSA) is 102 Å². The number of benzene rings is 2. The summed E-state index contributed by atoms with van der Waals surface area (Å²) in [6.07, 6.45) is -3.47. The third-order valence-corrected chi connectivity index (χ3v) is 4.31. The van der Waals surface area contributed by atoms with Gasteiger partial charge in [0, 0.05) is 6.42 Å². The standard InChI is InChI=1S/C22H26O7/c1-27-20(25)13-12-18(23)21(28-14-16-8-4-2-5-9-16)19(24)15-29-22(26)17-10-6-3-7-11-17/h2-11,18-19,21,23-24H,12-15H2,1H3/t18-,19+,21+/m0/s1. The second-order valence-electron chi connectivity index (χ2n) is 6.48. The molecule has 29 heavy (non-hydrogen) atoms. The lowest BCUT2D eigenvalue weighted by Crippen LogP contribution is -2.43. The SMILES string of the molecule is COC(=O)CC[C@H](O)[C@@H](OCc1ccccc1)[C@H](O)COC(=O)c1ccccc1. The van der Waals surface area contributed by atoms with Crippen LogP contribution in [0.15, 0.2) is 60.7 Å². The van der Waals surface area contributed by atoms with Gasteiger partial charge in [-0.05, 0) is 24.1 Å². The number of hydrogen-bond acceptors (Lipinski definition) is 7. The van der Waals surface area contributed by atoms with Gasteiger partial charge in [0.1, 0.15) is 18.8 Å². The molecule has 0 amide bonds. The first-order valence-electron chi connectivity index (χ1n) is 9.32. The lowest BCUT2D eigenvalue weighted by Gasteiger charge is -2.27. The summed E-state index contributed by atoms with van der Waals surface area (Å²) in [5.41, 5.74) is 1.21. The van der Waals surface area contributed by atoms with E-state index in [1.807, 2.05) is 30.3 Å². The average Bonchev–Trinajstić information content (AvgIpc) is 2.77. The van der Waals surface area contributed by atoms with Gasteiger partial charge in [0.2, 0.25) is 0 Å². The molecule has 0 saturated heterocycles. The second-order valence-corrected chi connectivity index (χ2v) is 6.48. The van der Waals surface area contributed by atoms with Crippen molar-refractivity contribution >= 4 is 11.9 Å². The van der Waals surface area contributed by atoms with Crippen LogP contribution in [0.1, 0.15) is 28.8 Å². The predicted molar refractivity (Wildman–Crippen MR) is 105 cm³/mol. The normalized spacial score (nSPS) is 13.9. The van der Waals surface area contributed by atoms with Crippen LogP contribution in [-0.2, 0) is 25.6 Å². The van der Waals surface area contributed by atoms with Gasteiger partial charge in [0.15, 0.2) is 0 Å². The lowest BCUT2D eigenvalue weighted by molar-refractivity contribution is -0.144. The highest BCUT2D eigenvalue weighted by molar-refractivity contribution is 5.89. The molecule has 0 saturated carbocycles. The highest BCUT2D eigenvalue weighted by atomic mass is 16.6. The molecule has 2 N–H and O–H groups in total. The number of aliphatic hydroxyl groups excluding tert-OH is 2. The fourth-order valence-corrected chi connectivity index (χ4v) is 2.69. The van der Waals surface area contributed by atoms with Gasteiger partial charge in [-0.25, -0.2) is 4.79 Å². The Labute approximate surface area is 169 Å². The molecular weight excluding hydrogens is 376 g/mol. The monoisotopic (exact) mass is 402 g/mol. The van der Waals surface area contributed by atoms with Crippen molar-refractivity contribution in [3.05, 3.63) is 71.8 Å². The number of carbonyl (C=O) groups excluding carboxylic acids is 2. The van der Waals surface area contributed by atoms with Crippen LogP contribution in [0.25, 0.3) is 0 Å². The Morgan fingerprint density at radius 1 is 0.931 bits per heavy atom. The van der Waals surface area contributed by atoms with Gasteiger partial charge < -0.3 is 24.4 Å². The quantitative estimate of drug-likeness (QED) is 0.555. The van der Waals surface area contributed by atoms with Gasteiger partial charge in [0.25, 0.3) is 0 Å². The minimum Gasteiger partial charge on any atom is -0.469 e. The van der Waals surface area contributed by atoms with Crippen molar-refractivity contribution in [2.24, 2.45) is 0 Å². The van der Waals surface area contributed by atoms with E-state index in [4.69, 9.17) is 9.47 Å². The van der Waals surface area contributed by atoms with Crippen LogP contribution in [0.2, 0.25) is 0 Å². The lowest BCUT2D eigenvalue weighted by atomic mass is 10.0. The molecule has 0 aliphatic carbocycles. The molecule has 0 spiro atoms. The van der Waals surface area contributed by atoms with Crippen LogP contribution < -0.4 is 0 Å². The van der Waals surface area contributed by atoms with E-state index in [2.05, 4.69) is 4.74 Å². The summed E-state index contributed by atoms with van der Waals surface area (Å²) in [7, 11) is 1.26. The largest absolute Gasteiger partial charge is 0.469 e. The maximum Gasteiger partial charge on any atom is 0.338 e. The van der Waals surface area contributed by atoms with Crippen LogP contribution in [0.5, 0.6) is 0 Å². The van der Waals surface area contributed by atoms with Crippen LogP contribution in [0, 0.1) is 0 Å². The van der Waals surface area contributed by atoms with E-state index >= 15 is 0 Å². The number of carbonyl (C=O) groups is 2. The first kappa shape index (κ1) is 22.5. The summed E-state index contributed by atoms with van der Waals surface area (Å²) < 4.78 is 15.4. The molecular formula is C22H26O7. The van der Waals surface area contributed by atoms with Gasteiger partial charge in [-0.2, -0.15) is 0 Å². The van der Waals surface area contributed by atoms with Crippen molar-refractivity contribution in [2.75, 3.05) is 13.7 Å². The van der Waals surface area contributed by atoms with Crippen molar-refractivity contribution < 1.29 is 34.0 Å². The molecule has 3 atom stereocenters. The molecule has 0 radical (unpaired) electrons. The highest BCUT2D eigenvalue weighted by Gasteiger charge is 2.29. The molecule has 0 unspecified atom stereocenters. The summed E-state index contributed by atoms with van der Waals surface area (Å²) in [5.74, 6) is -1.06. The minimum absolute atomic E-state index is 0.0284. The molecule has 0 heterocycles. The van der Waals surface area contributed by atoms with Gasteiger partial charge in [0.05, 0.1) is 25.4 Å². The van der Waals surface area contributed by atoms with Crippen LogP contribution in [0.3, 0.4) is 0 Å². The van der Waals surface area contributed by atoms with E-state index < -0.39 is 30.3 Å². The maximum atomic E-state index is 12.1. The summed E-state index contributed by atoms with van der Waals surface area (Å²) in [6.45, 7) is -0.215. The Morgan fingerprint density at radius 3 is 2.17 bits per heavy atom. The highest BCUT2D eigenvalue weighted by Crippen LogP contribution is 2.15. The van der Waals surface area contributed by atoms with Gasteiger partial charge >= 0.3 is 11.9 Å². The number of rotatable bonds is 11. The second kappa shape index (κ2) is 12.0. The number of methoxy groups -OCH3 is 1. The van der Waals surface area contributed by atoms with Crippen LogP contribution in [0.4, 0.5) is 0 Å². The Balaban J connectivity index is 1.97. The van der Waals surface area contributed by atoms with Gasteiger partial charge in [-0.1, -0.05) is 48.5 Å². The molecule has 2 aromatic carbocycles. The Bertz CT molecular complexity index is 748. The number of ether oxygens (including phenoxy) is 3. The zero-order valence-corrected chi connectivity index (χ0v) is 16.3. The third kappa shape index (κ3) is 7.65. The molecule has 0 aromatic heterocycles. The minimum atomic E-state index is -1.28. The summed E-state index contributed by atoms with van der Waals surface area (Å²) in [4.78, 5) is 23.4. The molecule has 0 aliphatic rings. The number of hydrogen-bond donors (Lipinski definition) is 2. The van der Waals surface area contributed by atoms with Crippen LogP contribution >= 0.6 is 0 Å². The van der Waals surface area contributed by atoms with Crippen molar-refractivity contribution in [2.45, 2.75) is 37.8 Å². The molecule has 2 aromatic rings. The van der Waals surface area contributed by atoms with E-state index in [0.29, 0.717) is 5.56 Å². The van der Waals surface area contributed by atoms with E-state index in [0.717, 1.165) is 5.56 Å². The van der Waals surface area contributed by atoms with Gasteiger partial charge in [-0.3, -0.25) is 4.79 Å². The zero-order chi connectivity index (χ0) is 21.1. The molecule has 0 bridgehead atoms. The summed E-state index contributed by atoms with van der Waals surface area (Å²) in [5, 5.41) is 20.9. The molecule has 2 rings (SSSR count). The Kier molecular flexibility index (Phi) is 9.30. The van der Waals surface area contributed by atoms with E-state index in [1.54, 1.807) is 30.3 Å². The van der Waals surface area contributed by atoms with Crippen molar-refractivity contribution in [3.8, 4) is 0 Å². The molecule has 7 nitrogen and oxygen atoms in total. The molecule has 156 valence electrons. The molecule has 0 aliphatic heterocycles. The fraction of sp³-hybridized carbons (Fsp3) is 0.364. The summed E-state index contributed by atoms with van der Waals surface area (Å²) >= 11 is 0. The zero-order valence-electron chi connectivity index (χ0n) is 16.3. The number of esters is 2. The van der Waals surface area contributed by atoms with Gasteiger partial charge in [-0.15, -0.1) is 0 Å². The predicted octanol–water partition coefficient (Wildman–Crippen LogP) is 2.10. The average molecular weight is 402 g/mol.